The highest BCUT2D eigenvalue weighted by atomic mass is 16.5. The minimum Gasteiger partial charge on any atom is -0.493 e. The van der Waals surface area contributed by atoms with Gasteiger partial charge in [-0.1, -0.05) is 18.2 Å². The Bertz CT molecular complexity index is 640. The zero-order valence-corrected chi connectivity index (χ0v) is 14.6. The molecule has 4 heteroatoms. The molecular formula is C20H27NO3. The Balaban J connectivity index is 1.66. The Morgan fingerprint density at radius 2 is 2.12 bits per heavy atom. The quantitative estimate of drug-likeness (QED) is 0.844. The van der Waals surface area contributed by atoms with Gasteiger partial charge < -0.3 is 19.5 Å². The Hall–Kier alpha value is -1.52. The molecule has 1 saturated heterocycles. The number of likely N-dealkylation sites (tertiary alicyclic amines) is 1. The van der Waals surface area contributed by atoms with Crippen LogP contribution in [0.1, 0.15) is 31.2 Å². The zero-order chi connectivity index (χ0) is 16.7. The van der Waals surface area contributed by atoms with Crippen molar-refractivity contribution >= 4 is 0 Å². The van der Waals surface area contributed by atoms with Crippen molar-refractivity contribution in [1.29, 1.82) is 0 Å². The van der Waals surface area contributed by atoms with Crippen LogP contribution >= 0.6 is 0 Å². The minimum atomic E-state index is -0.341. The van der Waals surface area contributed by atoms with Gasteiger partial charge in [0.1, 0.15) is 0 Å². The van der Waals surface area contributed by atoms with E-state index in [1.165, 1.54) is 18.4 Å². The maximum absolute atomic E-state index is 10.0. The van der Waals surface area contributed by atoms with Gasteiger partial charge in [0.05, 0.1) is 19.8 Å². The third-order valence-corrected chi connectivity index (χ3v) is 5.96. The van der Waals surface area contributed by atoms with Crippen LogP contribution in [0.15, 0.2) is 30.4 Å². The van der Waals surface area contributed by atoms with Crippen molar-refractivity contribution in [3.63, 3.8) is 0 Å². The fraction of sp³-hybridized carbons (Fsp3) is 0.600. The van der Waals surface area contributed by atoms with Crippen LogP contribution in [0.3, 0.4) is 0 Å². The summed E-state index contributed by atoms with van der Waals surface area (Å²) in [5.74, 6) is 2.38. The second-order valence-electron chi connectivity index (χ2n) is 7.57. The van der Waals surface area contributed by atoms with Crippen molar-refractivity contribution in [2.75, 3.05) is 27.3 Å². The highest BCUT2D eigenvalue weighted by Gasteiger charge is 2.48. The summed E-state index contributed by atoms with van der Waals surface area (Å²) < 4.78 is 11.6. The predicted molar refractivity (Wildman–Crippen MR) is 93.7 cm³/mol. The maximum atomic E-state index is 10.0. The normalized spacial score (nSPS) is 32.6. The Morgan fingerprint density at radius 1 is 1.29 bits per heavy atom. The SMILES string of the molecule is COc1cc([C@@]23C=C[C@@H](O)C[C@@H]2N(C)CC3)ccc1OCC1CC1. The van der Waals surface area contributed by atoms with Crippen LogP contribution in [0, 0.1) is 5.92 Å². The van der Waals surface area contributed by atoms with Crippen LogP contribution in [-0.4, -0.2) is 49.5 Å². The molecule has 1 heterocycles. The van der Waals surface area contributed by atoms with Gasteiger partial charge in [0.15, 0.2) is 11.5 Å². The van der Waals surface area contributed by atoms with Gasteiger partial charge in [0.2, 0.25) is 0 Å². The van der Waals surface area contributed by atoms with Gasteiger partial charge in [-0.05, 0) is 62.9 Å². The van der Waals surface area contributed by atoms with E-state index in [-0.39, 0.29) is 11.5 Å². The summed E-state index contributed by atoms with van der Waals surface area (Å²) >= 11 is 0. The molecule has 3 aliphatic rings. The number of fused-ring (bicyclic) bond motifs is 1. The number of aliphatic hydroxyl groups excluding tert-OH is 1. The molecule has 1 N–H and O–H groups in total. The lowest BCUT2D eigenvalue weighted by atomic mass is 9.69. The maximum Gasteiger partial charge on any atom is 0.161 e. The summed E-state index contributed by atoms with van der Waals surface area (Å²) in [5, 5.41) is 10.0. The van der Waals surface area contributed by atoms with Crippen molar-refractivity contribution in [3.8, 4) is 11.5 Å². The summed E-state index contributed by atoms with van der Waals surface area (Å²) in [6.45, 7) is 1.84. The van der Waals surface area contributed by atoms with E-state index in [0.29, 0.717) is 6.04 Å². The van der Waals surface area contributed by atoms with Crippen molar-refractivity contribution in [2.45, 2.75) is 43.2 Å². The van der Waals surface area contributed by atoms with E-state index in [1.807, 2.05) is 6.08 Å². The molecule has 2 aliphatic carbocycles. The summed E-state index contributed by atoms with van der Waals surface area (Å²) in [4.78, 5) is 2.37. The third-order valence-electron chi connectivity index (χ3n) is 5.96. The average molecular weight is 329 g/mol. The molecule has 24 heavy (non-hydrogen) atoms. The molecule has 4 rings (SSSR count). The molecule has 4 nitrogen and oxygen atoms in total. The first-order valence-electron chi connectivity index (χ1n) is 9.01. The number of methoxy groups -OCH3 is 1. The number of rotatable bonds is 5. The van der Waals surface area contributed by atoms with Gasteiger partial charge in [0, 0.05) is 11.5 Å². The van der Waals surface area contributed by atoms with Crippen LogP contribution < -0.4 is 9.47 Å². The van der Waals surface area contributed by atoms with Crippen LogP contribution in [-0.2, 0) is 5.41 Å². The van der Waals surface area contributed by atoms with Gasteiger partial charge in [-0.15, -0.1) is 0 Å². The third kappa shape index (κ3) is 2.72. The molecule has 0 unspecified atom stereocenters. The number of aliphatic hydroxyl groups is 1. The molecule has 0 aromatic heterocycles. The number of ether oxygens (including phenoxy) is 2. The summed E-state index contributed by atoms with van der Waals surface area (Å²) in [6.07, 6.45) is 8.26. The predicted octanol–water partition coefficient (Wildman–Crippen LogP) is 2.75. The topological polar surface area (TPSA) is 41.9 Å². The van der Waals surface area contributed by atoms with E-state index in [4.69, 9.17) is 9.47 Å². The van der Waals surface area contributed by atoms with E-state index in [0.717, 1.165) is 43.4 Å². The zero-order valence-electron chi connectivity index (χ0n) is 14.6. The van der Waals surface area contributed by atoms with E-state index in [1.54, 1.807) is 7.11 Å². The molecule has 1 aromatic carbocycles. The molecule has 1 aliphatic heterocycles. The largest absolute Gasteiger partial charge is 0.493 e. The first-order chi connectivity index (χ1) is 11.6. The smallest absolute Gasteiger partial charge is 0.161 e. The number of likely N-dealkylation sites (N-methyl/N-ethyl adjacent to an activating group) is 1. The lowest BCUT2D eigenvalue weighted by molar-refractivity contribution is 0.137. The Morgan fingerprint density at radius 3 is 2.88 bits per heavy atom. The summed E-state index contributed by atoms with van der Waals surface area (Å²) in [6, 6.07) is 6.70. The Labute approximate surface area is 144 Å². The van der Waals surface area contributed by atoms with E-state index >= 15 is 0 Å². The molecule has 1 aromatic rings. The minimum absolute atomic E-state index is 0.0315. The molecular weight excluding hydrogens is 302 g/mol. The number of hydrogen-bond acceptors (Lipinski definition) is 4. The van der Waals surface area contributed by atoms with Crippen molar-refractivity contribution in [1.82, 2.24) is 4.90 Å². The molecule has 1 saturated carbocycles. The lowest BCUT2D eigenvalue weighted by Crippen LogP contribution is -2.44. The molecule has 0 bridgehead atoms. The molecule has 2 fully saturated rings. The van der Waals surface area contributed by atoms with E-state index in [9.17, 15) is 5.11 Å². The van der Waals surface area contributed by atoms with Gasteiger partial charge >= 0.3 is 0 Å². The fourth-order valence-corrected chi connectivity index (χ4v) is 4.25. The average Bonchev–Trinajstić information content (AvgIpc) is 3.37. The van der Waals surface area contributed by atoms with Crippen molar-refractivity contribution in [2.24, 2.45) is 5.92 Å². The molecule has 130 valence electrons. The van der Waals surface area contributed by atoms with Crippen LogP contribution in [0.2, 0.25) is 0 Å². The number of nitrogens with zero attached hydrogens (tertiary/aromatic N) is 1. The second kappa shape index (κ2) is 6.08. The van der Waals surface area contributed by atoms with Gasteiger partial charge in [-0.25, -0.2) is 0 Å². The van der Waals surface area contributed by atoms with Gasteiger partial charge in [-0.2, -0.15) is 0 Å². The second-order valence-corrected chi connectivity index (χ2v) is 7.57. The number of benzene rings is 1. The molecule has 0 amide bonds. The van der Waals surface area contributed by atoms with E-state index < -0.39 is 0 Å². The van der Waals surface area contributed by atoms with Crippen molar-refractivity contribution in [3.05, 3.63) is 35.9 Å². The lowest BCUT2D eigenvalue weighted by Gasteiger charge is -2.39. The molecule has 0 radical (unpaired) electrons. The van der Waals surface area contributed by atoms with Crippen LogP contribution in [0.4, 0.5) is 0 Å². The Kier molecular flexibility index (Phi) is 4.05. The summed E-state index contributed by atoms with van der Waals surface area (Å²) in [5.41, 5.74) is 1.23. The standard InChI is InChI=1S/C20H27NO3/c1-21-10-9-20(8-7-16(22)12-19(20)21)15-5-6-17(18(11-15)23-2)24-13-14-3-4-14/h5-8,11,14,16,19,22H,3-4,9-10,12-13H2,1-2H3/t16-,19+,20+/m1/s1. The summed E-state index contributed by atoms with van der Waals surface area (Å²) in [7, 11) is 3.86. The highest BCUT2D eigenvalue weighted by molar-refractivity contribution is 5.48. The first kappa shape index (κ1) is 16.0. The van der Waals surface area contributed by atoms with Gasteiger partial charge in [-0.3, -0.25) is 0 Å². The highest BCUT2D eigenvalue weighted by Crippen LogP contribution is 2.47. The monoisotopic (exact) mass is 329 g/mol. The van der Waals surface area contributed by atoms with Crippen LogP contribution in [0.5, 0.6) is 11.5 Å². The fourth-order valence-electron chi connectivity index (χ4n) is 4.25. The molecule has 0 spiro atoms. The first-order valence-corrected chi connectivity index (χ1v) is 9.01. The van der Waals surface area contributed by atoms with E-state index in [2.05, 4.69) is 36.2 Å². The van der Waals surface area contributed by atoms with Crippen molar-refractivity contribution < 1.29 is 14.6 Å². The molecule has 3 atom stereocenters. The number of hydrogen-bond donors (Lipinski definition) is 1. The van der Waals surface area contributed by atoms with Crippen LogP contribution in [0.25, 0.3) is 0 Å². The van der Waals surface area contributed by atoms with Gasteiger partial charge in [0.25, 0.3) is 0 Å².